The number of amides is 1. The smallest absolute Gasteiger partial charge is 0.407 e. The van der Waals surface area contributed by atoms with Crippen molar-refractivity contribution in [3.8, 4) is 0 Å². The van der Waals surface area contributed by atoms with E-state index < -0.39 is 11.0 Å². The SMILES string of the molecule is CC1CN(c2ccc([N+](=O)[O-])cc2)CC(C)N1C(=O)O. The van der Waals surface area contributed by atoms with E-state index in [0.29, 0.717) is 13.1 Å². The summed E-state index contributed by atoms with van der Waals surface area (Å²) in [6.07, 6.45) is -0.909. The minimum atomic E-state index is -0.909. The van der Waals surface area contributed by atoms with Gasteiger partial charge in [0.1, 0.15) is 0 Å². The Labute approximate surface area is 116 Å². The van der Waals surface area contributed by atoms with Crippen molar-refractivity contribution < 1.29 is 14.8 Å². The van der Waals surface area contributed by atoms with Gasteiger partial charge < -0.3 is 10.0 Å². The molecule has 1 aliphatic heterocycles. The van der Waals surface area contributed by atoms with Crippen molar-refractivity contribution >= 4 is 17.5 Å². The number of benzene rings is 1. The highest BCUT2D eigenvalue weighted by molar-refractivity contribution is 5.67. The van der Waals surface area contributed by atoms with E-state index >= 15 is 0 Å². The maximum Gasteiger partial charge on any atom is 0.407 e. The second kappa shape index (κ2) is 5.36. The summed E-state index contributed by atoms with van der Waals surface area (Å²) in [6.45, 7) is 4.88. The van der Waals surface area contributed by atoms with Gasteiger partial charge in [-0.15, -0.1) is 0 Å². The number of rotatable bonds is 2. The molecular weight excluding hydrogens is 262 g/mol. The fourth-order valence-electron chi connectivity index (χ4n) is 2.70. The topological polar surface area (TPSA) is 86.9 Å². The Balaban J connectivity index is 2.15. The number of nitro groups is 1. The number of non-ortho nitro benzene ring substituents is 1. The quantitative estimate of drug-likeness (QED) is 0.662. The molecule has 1 saturated heterocycles. The van der Waals surface area contributed by atoms with E-state index in [9.17, 15) is 14.9 Å². The molecule has 1 aromatic carbocycles. The number of hydrogen-bond acceptors (Lipinski definition) is 4. The largest absolute Gasteiger partial charge is 0.465 e. The van der Waals surface area contributed by atoms with Crippen LogP contribution in [0.3, 0.4) is 0 Å². The van der Waals surface area contributed by atoms with Crippen molar-refractivity contribution in [2.24, 2.45) is 0 Å². The van der Waals surface area contributed by atoms with Gasteiger partial charge in [-0.05, 0) is 26.0 Å². The first-order valence-electron chi connectivity index (χ1n) is 6.41. The molecular formula is C13H17N3O4. The number of hydrogen-bond donors (Lipinski definition) is 1. The average molecular weight is 279 g/mol. The van der Waals surface area contributed by atoms with Gasteiger partial charge in [-0.3, -0.25) is 15.0 Å². The second-order valence-electron chi connectivity index (χ2n) is 5.07. The third kappa shape index (κ3) is 2.66. The maximum atomic E-state index is 11.2. The van der Waals surface area contributed by atoms with Crippen molar-refractivity contribution in [3.05, 3.63) is 34.4 Å². The van der Waals surface area contributed by atoms with Gasteiger partial charge in [0.15, 0.2) is 0 Å². The van der Waals surface area contributed by atoms with Gasteiger partial charge in [-0.25, -0.2) is 4.79 Å². The molecule has 20 heavy (non-hydrogen) atoms. The van der Waals surface area contributed by atoms with Crippen LogP contribution in [0.15, 0.2) is 24.3 Å². The molecule has 0 bridgehead atoms. The summed E-state index contributed by atoms with van der Waals surface area (Å²) in [6, 6.07) is 6.10. The van der Waals surface area contributed by atoms with E-state index in [2.05, 4.69) is 4.90 Å². The molecule has 7 heteroatoms. The van der Waals surface area contributed by atoms with Gasteiger partial charge in [0.2, 0.25) is 0 Å². The van der Waals surface area contributed by atoms with Crippen LogP contribution in [0.2, 0.25) is 0 Å². The highest BCUT2D eigenvalue weighted by atomic mass is 16.6. The number of nitrogens with zero attached hydrogens (tertiary/aromatic N) is 3. The number of carboxylic acid groups (broad SMARTS) is 1. The Hall–Kier alpha value is -2.31. The van der Waals surface area contributed by atoms with E-state index in [1.54, 1.807) is 12.1 Å². The lowest BCUT2D eigenvalue weighted by atomic mass is 10.1. The lowest BCUT2D eigenvalue weighted by molar-refractivity contribution is -0.384. The summed E-state index contributed by atoms with van der Waals surface area (Å²) in [5, 5.41) is 19.8. The van der Waals surface area contributed by atoms with Crippen LogP contribution in [0.5, 0.6) is 0 Å². The molecule has 108 valence electrons. The van der Waals surface area contributed by atoms with Gasteiger partial charge >= 0.3 is 6.09 Å². The maximum absolute atomic E-state index is 11.2. The molecule has 7 nitrogen and oxygen atoms in total. The molecule has 1 amide bonds. The van der Waals surface area contributed by atoms with E-state index in [1.165, 1.54) is 17.0 Å². The van der Waals surface area contributed by atoms with Crippen molar-refractivity contribution in [2.75, 3.05) is 18.0 Å². The molecule has 2 rings (SSSR count). The predicted molar refractivity (Wildman–Crippen MR) is 74.1 cm³/mol. The molecule has 0 radical (unpaired) electrons. The van der Waals surface area contributed by atoms with Crippen LogP contribution >= 0.6 is 0 Å². The molecule has 1 N–H and O–H groups in total. The van der Waals surface area contributed by atoms with Crippen LogP contribution in [0.4, 0.5) is 16.2 Å². The van der Waals surface area contributed by atoms with Crippen molar-refractivity contribution in [2.45, 2.75) is 25.9 Å². The van der Waals surface area contributed by atoms with E-state index in [4.69, 9.17) is 5.11 Å². The minimum absolute atomic E-state index is 0.0546. The monoisotopic (exact) mass is 279 g/mol. The van der Waals surface area contributed by atoms with Crippen LogP contribution in [0, 0.1) is 10.1 Å². The first kappa shape index (κ1) is 14.1. The lowest BCUT2D eigenvalue weighted by Crippen LogP contribution is -2.58. The van der Waals surface area contributed by atoms with Crippen molar-refractivity contribution in [1.82, 2.24) is 4.90 Å². The fourth-order valence-corrected chi connectivity index (χ4v) is 2.70. The van der Waals surface area contributed by atoms with Crippen LogP contribution in [0.1, 0.15) is 13.8 Å². The first-order chi connectivity index (χ1) is 9.40. The Kier molecular flexibility index (Phi) is 3.78. The first-order valence-corrected chi connectivity index (χ1v) is 6.41. The summed E-state index contributed by atoms with van der Waals surface area (Å²) in [4.78, 5) is 24.9. The zero-order valence-corrected chi connectivity index (χ0v) is 11.4. The highest BCUT2D eigenvalue weighted by Gasteiger charge is 2.32. The highest BCUT2D eigenvalue weighted by Crippen LogP contribution is 2.24. The van der Waals surface area contributed by atoms with Gasteiger partial charge in [-0.1, -0.05) is 0 Å². The number of anilines is 1. The van der Waals surface area contributed by atoms with Crippen LogP contribution in [-0.2, 0) is 0 Å². The third-order valence-corrected chi connectivity index (χ3v) is 3.57. The van der Waals surface area contributed by atoms with Gasteiger partial charge in [0.05, 0.1) is 17.0 Å². The molecule has 0 aliphatic carbocycles. The molecule has 0 saturated carbocycles. The average Bonchev–Trinajstić information content (AvgIpc) is 2.37. The van der Waals surface area contributed by atoms with Crippen molar-refractivity contribution in [3.63, 3.8) is 0 Å². The summed E-state index contributed by atoms with van der Waals surface area (Å²) in [5.74, 6) is 0. The zero-order valence-electron chi connectivity index (χ0n) is 11.4. The minimum Gasteiger partial charge on any atom is -0.465 e. The van der Waals surface area contributed by atoms with E-state index in [0.717, 1.165) is 5.69 Å². The molecule has 0 spiro atoms. The van der Waals surface area contributed by atoms with Crippen LogP contribution in [0.25, 0.3) is 0 Å². The Morgan fingerprint density at radius 1 is 1.25 bits per heavy atom. The van der Waals surface area contributed by atoms with E-state index in [1.807, 2.05) is 13.8 Å². The standard InChI is InChI=1S/C13H17N3O4/c1-9-7-14(8-10(2)15(9)13(17)18)11-3-5-12(6-4-11)16(19)20/h3-6,9-10H,7-8H2,1-2H3,(H,17,18). The van der Waals surface area contributed by atoms with Crippen molar-refractivity contribution in [1.29, 1.82) is 0 Å². The van der Waals surface area contributed by atoms with Gasteiger partial charge in [0.25, 0.3) is 5.69 Å². The van der Waals surface area contributed by atoms with Gasteiger partial charge in [0, 0.05) is 30.9 Å². The molecule has 2 atom stereocenters. The lowest BCUT2D eigenvalue weighted by Gasteiger charge is -2.43. The molecule has 2 unspecified atom stereocenters. The molecule has 0 aromatic heterocycles. The summed E-state index contributed by atoms with van der Waals surface area (Å²) < 4.78 is 0. The van der Waals surface area contributed by atoms with E-state index in [-0.39, 0.29) is 17.8 Å². The Morgan fingerprint density at radius 2 is 1.75 bits per heavy atom. The zero-order chi connectivity index (χ0) is 14.9. The van der Waals surface area contributed by atoms with Gasteiger partial charge in [-0.2, -0.15) is 0 Å². The molecule has 1 fully saturated rings. The fraction of sp³-hybridized carbons (Fsp3) is 0.462. The van der Waals surface area contributed by atoms with Crippen LogP contribution in [-0.4, -0.2) is 46.2 Å². The molecule has 1 aromatic rings. The Morgan fingerprint density at radius 3 is 2.15 bits per heavy atom. The second-order valence-corrected chi connectivity index (χ2v) is 5.07. The third-order valence-electron chi connectivity index (χ3n) is 3.57. The summed E-state index contributed by atoms with van der Waals surface area (Å²) >= 11 is 0. The predicted octanol–water partition coefficient (Wildman–Crippen LogP) is 2.17. The normalized spacial score (nSPS) is 22.7. The molecule has 1 aliphatic rings. The van der Waals surface area contributed by atoms with Crippen LogP contribution < -0.4 is 4.90 Å². The Bertz CT molecular complexity index is 505. The number of carbonyl (C=O) groups is 1. The number of nitro benzene ring substituents is 1. The number of piperazine rings is 1. The summed E-state index contributed by atoms with van der Waals surface area (Å²) in [5.41, 5.74) is 0.929. The summed E-state index contributed by atoms with van der Waals surface area (Å²) in [7, 11) is 0. The molecule has 1 heterocycles.